The van der Waals surface area contributed by atoms with Gasteiger partial charge in [0.1, 0.15) is 12.1 Å². The Balaban J connectivity index is 2.36. The third kappa shape index (κ3) is 5.56. The average molecular weight is 391 g/mol. The van der Waals surface area contributed by atoms with E-state index in [-0.39, 0.29) is 23.3 Å². The van der Waals surface area contributed by atoms with Crippen LogP contribution >= 0.6 is 0 Å². The van der Waals surface area contributed by atoms with Crippen LogP contribution in [0.25, 0.3) is 0 Å². The Labute approximate surface area is 168 Å². The SMILES string of the molecule is CN(C)C(=O)N1CCc2ncnc(N(C)C)c2C[C@H](C(=O)NCC(C)(C)C)C1. The van der Waals surface area contributed by atoms with Crippen LogP contribution in [0.4, 0.5) is 10.6 Å². The zero-order valence-corrected chi connectivity index (χ0v) is 18.2. The summed E-state index contributed by atoms with van der Waals surface area (Å²) >= 11 is 0. The summed E-state index contributed by atoms with van der Waals surface area (Å²) < 4.78 is 0. The second kappa shape index (κ2) is 8.75. The lowest BCUT2D eigenvalue weighted by molar-refractivity contribution is -0.125. The van der Waals surface area contributed by atoms with Gasteiger partial charge in [-0.25, -0.2) is 14.8 Å². The Bertz CT molecular complexity index is 711. The standard InChI is InChI=1S/C20H34N6O2/c1-20(2,3)12-21-18(27)14-10-15-16(22-13-23-17(15)24(4)5)8-9-26(11-14)19(28)25(6)7/h13-14H,8-12H2,1-7H3,(H,21,27)/t14-/m0/s1. The Morgan fingerprint density at radius 3 is 2.46 bits per heavy atom. The molecule has 0 unspecified atom stereocenters. The van der Waals surface area contributed by atoms with Crippen molar-refractivity contribution in [3.05, 3.63) is 17.6 Å². The van der Waals surface area contributed by atoms with Gasteiger partial charge < -0.3 is 20.0 Å². The van der Waals surface area contributed by atoms with E-state index in [4.69, 9.17) is 0 Å². The molecule has 1 aliphatic rings. The van der Waals surface area contributed by atoms with Gasteiger partial charge in [0.2, 0.25) is 5.91 Å². The number of fused-ring (bicyclic) bond motifs is 1. The summed E-state index contributed by atoms with van der Waals surface area (Å²) in [6, 6.07) is -0.0843. The summed E-state index contributed by atoms with van der Waals surface area (Å²) in [6.45, 7) is 7.75. The molecule has 0 bridgehead atoms. The van der Waals surface area contributed by atoms with Crippen LogP contribution < -0.4 is 10.2 Å². The maximum atomic E-state index is 13.0. The van der Waals surface area contributed by atoms with E-state index in [9.17, 15) is 9.59 Å². The number of anilines is 1. The van der Waals surface area contributed by atoms with Crippen LogP contribution in [0, 0.1) is 11.3 Å². The molecule has 156 valence electrons. The predicted octanol–water partition coefficient (Wildman–Crippen LogP) is 1.40. The van der Waals surface area contributed by atoms with Crippen LogP contribution in [-0.4, -0.2) is 79.5 Å². The smallest absolute Gasteiger partial charge is 0.319 e. The van der Waals surface area contributed by atoms with E-state index in [1.807, 2.05) is 19.0 Å². The van der Waals surface area contributed by atoms with E-state index < -0.39 is 0 Å². The van der Waals surface area contributed by atoms with Crippen LogP contribution in [0.5, 0.6) is 0 Å². The number of nitrogens with zero attached hydrogens (tertiary/aromatic N) is 5. The fraction of sp³-hybridized carbons (Fsp3) is 0.700. The fourth-order valence-electron chi connectivity index (χ4n) is 3.29. The molecule has 0 fully saturated rings. The largest absolute Gasteiger partial charge is 0.362 e. The first-order valence-electron chi connectivity index (χ1n) is 9.73. The Hall–Kier alpha value is -2.38. The van der Waals surface area contributed by atoms with Crippen molar-refractivity contribution in [2.45, 2.75) is 33.6 Å². The lowest BCUT2D eigenvalue weighted by Crippen LogP contribution is -2.48. The van der Waals surface area contributed by atoms with E-state index in [1.165, 1.54) is 0 Å². The van der Waals surface area contributed by atoms with Gasteiger partial charge in [-0.1, -0.05) is 20.8 Å². The van der Waals surface area contributed by atoms with Crippen molar-refractivity contribution in [2.75, 3.05) is 52.7 Å². The van der Waals surface area contributed by atoms with Gasteiger partial charge in [-0.15, -0.1) is 0 Å². The molecule has 0 saturated heterocycles. The number of carbonyl (C=O) groups excluding carboxylic acids is 2. The number of carbonyl (C=O) groups is 2. The zero-order chi connectivity index (χ0) is 21.1. The summed E-state index contributed by atoms with van der Waals surface area (Å²) in [5.74, 6) is 0.453. The van der Waals surface area contributed by atoms with Gasteiger partial charge in [0.25, 0.3) is 0 Å². The molecule has 8 heteroatoms. The predicted molar refractivity (Wildman–Crippen MR) is 110 cm³/mol. The van der Waals surface area contributed by atoms with Crippen molar-refractivity contribution >= 4 is 17.8 Å². The molecule has 0 aliphatic carbocycles. The van der Waals surface area contributed by atoms with Crippen molar-refractivity contribution in [2.24, 2.45) is 11.3 Å². The topological polar surface area (TPSA) is 81.7 Å². The van der Waals surface area contributed by atoms with Gasteiger partial charge in [0.15, 0.2) is 0 Å². The molecule has 2 rings (SSSR count). The quantitative estimate of drug-likeness (QED) is 0.844. The van der Waals surface area contributed by atoms with E-state index >= 15 is 0 Å². The number of hydrogen-bond acceptors (Lipinski definition) is 5. The maximum absolute atomic E-state index is 13.0. The van der Waals surface area contributed by atoms with Crippen LogP contribution in [0.1, 0.15) is 32.0 Å². The molecule has 0 spiro atoms. The molecular formula is C20H34N6O2. The first-order chi connectivity index (χ1) is 13.0. The molecule has 3 amide bonds. The summed E-state index contributed by atoms with van der Waals surface area (Å²) in [6.07, 6.45) is 2.72. The minimum absolute atomic E-state index is 0.00770. The number of aromatic nitrogens is 2. The molecule has 1 N–H and O–H groups in total. The number of hydrogen-bond donors (Lipinski definition) is 1. The molecule has 1 aromatic heterocycles. The summed E-state index contributed by atoms with van der Waals surface area (Å²) in [5.41, 5.74) is 1.90. The molecule has 1 aromatic rings. The van der Waals surface area contributed by atoms with Crippen molar-refractivity contribution in [1.29, 1.82) is 0 Å². The van der Waals surface area contributed by atoms with E-state index in [0.29, 0.717) is 32.5 Å². The normalized spacial score (nSPS) is 17.2. The zero-order valence-electron chi connectivity index (χ0n) is 18.2. The molecule has 0 saturated carbocycles. The van der Waals surface area contributed by atoms with E-state index in [1.54, 1.807) is 30.2 Å². The average Bonchev–Trinajstić information content (AvgIpc) is 2.58. The first-order valence-corrected chi connectivity index (χ1v) is 9.73. The second-order valence-electron chi connectivity index (χ2n) is 9.07. The number of nitrogens with one attached hydrogen (secondary N) is 1. The molecule has 2 heterocycles. The second-order valence-corrected chi connectivity index (χ2v) is 9.07. The molecule has 1 aliphatic heterocycles. The highest BCUT2D eigenvalue weighted by atomic mass is 16.2. The number of amides is 3. The van der Waals surface area contributed by atoms with Crippen molar-refractivity contribution in [3.8, 4) is 0 Å². The lowest BCUT2D eigenvalue weighted by atomic mass is 9.92. The van der Waals surface area contributed by atoms with E-state index in [0.717, 1.165) is 17.1 Å². The maximum Gasteiger partial charge on any atom is 0.319 e. The van der Waals surface area contributed by atoms with Crippen molar-refractivity contribution in [3.63, 3.8) is 0 Å². The third-order valence-electron chi connectivity index (χ3n) is 4.76. The highest BCUT2D eigenvalue weighted by Gasteiger charge is 2.31. The van der Waals surface area contributed by atoms with Crippen LogP contribution in [0.15, 0.2) is 6.33 Å². The van der Waals surface area contributed by atoms with Crippen LogP contribution in [-0.2, 0) is 17.6 Å². The first kappa shape index (κ1) is 21.9. The molecular weight excluding hydrogens is 356 g/mol. The number of urea groups is 1. The summed E-state index contributed by atoms with van der Waals surface area (Å²) in [7, 11) is 7.35. The van der Waals surface area contributed by atoms with Gasteiger partial charge in [0, 0.05) is 59.8 Å². The fourth-order valence-corrected chi connectivity index (χ4v) is 3.29. The molecule has 0 aromatic carbocycles. The Morgan fingerprint density at radius 2 is 1.89 bits per heavy atom. The van der Waals surface area contributed by atoms with Crippen molar-refractivity contribution in [1.82, 2.24) is 25.1 Å². The summed E-state index contributed by atoms with van der Waals surface area (Å²) in [4.78, 5) is 39.8. The number of rotatable bonds is 3. The monoisotopic (exact) mass is 390 g/mol. The van der Waals surface area contributed by atoms with E-state index in [2.05, 4.69) is 36.1 Å². The lowest BCUT2D eigenvalue weighted by Gasteiger charge is -2.33. The Kier molecular flexibility index (Phi) is 6.85. The van der Waals surface area contributed by atoms with Gasteiger partial charge in [-0.05, 0) is 11.8 Å². The highest BCUT2D eigenvalue weighted by Crippen LogP contribution is 2.25. The third-order valence-corrected chi connectivity index (χ3v) is 4.76. The molecule has 8 nitrogen and oxygen atoms in total. The van der Waals surface area contributed by atoms with Gasteiger partial charge in [-0.2, -0.15) is 0 Å². The van der Waals surface area contributed by atoms with Gasteiger partial charge >= 0.3 is 6.03 Å². The minimum Gasteiger partial charge on any atom is -0.362 e. The highest BCUT2D eigenvalue weighted by molar-refractivity contribution is 5.81. The molecule has 28 heavy (non-hydrogen) atoms. The summed E-state index contributed by atoms with van der Waals surface area (Å²) in [5, 5.41) is 3.06. The van der Waals surface area contributed by atoms with Gasteiger partial charge in [-0.3, -0.25) is 4.79 Å². The van der Waals surface area contributed by atoms with Crippen LogP contribution in [0.2, 0.25) is 0 Å². The van der Waals surface area contributed by atoms with Gasteiger partial charge in [0.05, 0.1) is 11.6 Å². The van der Waals surface area contributed by atoms with Crippen LogP contribution in [0.3, 0.4) is 0 Å². The van der Waals surface area contributed by atoms with Crippen molar-refractivity contribution < 1.29 is 9.59 Å². The molecule has 0 radical (unpaired) electrons. The Morgan fingerprint density at radius 1 is 1.21 bits per heavy atom. The molecule has 1 atom stereocenters. The minimum atomic E-state index is -0.352.